The Bertz CT molecular complexity index is 321. The van der Waals surface area contributed by atoms with E-state index in [0.717, 1.165) is 18.4 Å². The lowest BCUT2D eigenvalue weighted by molar-refractivity contribution is 0.0600. The van der Waals surface area contributed by atoms with Crippen LogP contribution in [0.5, 0.6) is 0 Å². The van der Waals surface area contributed by atoms with Gasteiger partial charge in [-0.1, -0.05) is 0 Å². The second-order valence-corrected chi connectivity index (χ2v) is 2.97. The second kappa shape index (κ2) is 9.39. The van der Waals surface area contributed by atoms with Gasteiger partial charge in [-0.25, -0.2) is 4.79 Å². The Kier molecular flexibility index (Phi) is 10.3. The van der Waals surface area contributed by atoms with Crippen LogP contribution < -0.4 is 5.73 Å². The number of rotatable bonds is 4. The summed E-state index contributed by atoms with van der Waals surface area (Å²) in [5.74, 6) is -0.355. The zero-order valence-electron chi connectivity index (χ0n) is 9.01. The van der Waals surface area contributed by atoms with Crippen LogP contribution in [0.15, 0.2) is 18.5 Å². The molecule has 0 aromatic carbocycles. The first-order valence-corrected chi connectivity index (χ1v) is 4.50. The number of nitrogens with two attached hydrogens (primary N) is 1. The van der Waals surface area contributed by atoms with Crippen LogP contribution in [-0.2, 0) is 11.2 Å². The van der Waals surface area contributed by atoms with Gasteiger partial charge in [0.15, 0.2) is 0 Å². The van der Waals surface area contributed by atoms with Crippen molar-refractivity contribution in [1.29, 1.82) is 0 Å². The smallest absolute Gasteiger partial charge is 0.339 e. The van der Waals surface area contributed by atoms with E-state index < -0.39 is 0 Å². The summed E-state index contributed by atoms with van der Waals surface area (Å²) in [7, 11) is 1.36. The summed E-state index contributed by atoms with van der Waals surface area (Å²) in [6.07, 6.45) is 4.97. The van der Waals surface area contributed by atoms with Crippen molar-refractivity contribution in [3.05, 3.63) is 29.6 Å². The Balaban J connectivity index is 0. The number of pyridine rings is 1. The number of aromatic nitrogens is 1. The number of hydrogen-bond donors (Lipinski definition) is 1. The Morgan fingerprint density at radius 1 is 1.44 bits per heavy atom. The molecule has 0 aliphatic rings. The molecule has 0 bridgehead atoms. The zero-order valence-corrected chi connectivity index (χ0v) is 10.6. The molecule has 0 aliphatic carbocycles. The van der Waals surface area contributed by atoms with Gasteiger partial charge in [0, 0.05) is 12.4 Å². The van der Waals surface area contributed by atoms with E-state index in [1.54, 1.807) is 12.3 Å². The molecule has 0 unspecified atom stereocenters. The molecule has 0 atom stereocenters. The molecule has 0 fully saturated rings. The lowest BCUT2D eigenvalue weighted by Gasteiger charge is -2.02. The molecule has 0 amide bonds. The normalized spacial score (nSPS) is 8.62. The molecule has 92 valence electrons. The van der Waals surface area contributed by atoms with Crippen LogP contribution in [0.3, 0.4) is 0 Å². The van der Waals surface area contributed by atoms with Gasteiger partial charge in [-0.15, -0.1) is 24.8 Å². The Hall–Kier alpha value is -0.840. The van der Waals surface area contributed by atoms with Crippen molar-refractivity contribution < 1.29 is 9.53 Å². The predicted molar refractivity (Wildman–Crippen MR) is 67.4 cm³/mol. The molecular formula is C10H16Cl2N2O2. The van der Waals surface area contributed by atoms with Crippen molar-refractivity contribution in [3.8, 4) is 0 Å². The summed E-state index contributed by atoms with van der Waals surface area (Å²) in [5.41, 5.74) is 6.89. The van der Waals surface area contributed by atoms with Crippen LogP contribution in [0.2, 0.25) is 0 Å². The highest BCUT2D eigenvalue weighted by atomic mass is 35.5. The lowest BCUT2D eigenvalue weighted by atomic mass is 10.1. The highest BCUT2D eigenvalue weighted by molar-refractivity contribution is 5.89. The number of carbonyl (C=O) groups is 1. The molecule has 0 aliphatic heterocycles. The van der Waals surface area contributed by atoms with E-state index in [-0.39, 0.29) is 30.8 Å². The maximum absolute atomic E-state index is 11.2. The van der Waals surface area contributed by atoms with Gasteiger partial charge in [0.25, 0.3) is 0 Å². The summed E-state index contributed by atoms with van der Waals surface area (Å²) in [4.78, 5) is 15.1. The number of aryl methyl sites for hydroxylation is 1. The van der Waals surface area contributed by atoms with Crippen molar-refractivity contribution in [1.82, 2.24) is 4.98 Å². The molecule has 0 saturated carbocycles. The maximum Gasteiger partial charge on any atom is 0.339 e. The van der Waals surface area contributed by atoms with E-state index in [1.807, 2.05) is 0 Å². The molecule has 4 nitrogen and oxygen atoms in total. The number of hydrogen-bond acceptors (Lipinski definition) is 4. The summed E-state index contributed by atoms with van der Waals surface area (Å²) in [6.45, 7) is 0.641. The van der Waals surface area contributed by atoms with Gasteiger partial charge in [-0.2, -0.15) is 0 Å². The van der Waals surface area contributed by atoms with Crippen molar-refractivity contribution >= 4 is 30.8 Å². The van der Waals surface area contributed by atoms with Crippen molar-refractivity contribution in [3.63, 3.8) is 0 Å². The fourth-order valence-electron chi connectivity index (χ4n) is 1.16. The van der Waals surface area contributed by atoms with Gasteiger partial charge < -0.3 is 10.5 Å². The number of carbonyl (C=O) groups excluding carboxylic acids is 1. The highest BCUT2D eigenvalue weighted by Gasteiger charge is 2.05. The van der Waals surface area contributed by atoms with Gasteiger partial charge in [0.05, 0.1) is 12.7 Å². The average Bonchev–Trinajstić information content (AvgIpc) is 2.25. The minimum absolute atomic E-state index is 0. The molecular weight excluding hydrogens is 251 g/mol. The van der Waals surface area contributed by atoms with Crippen LogP contribution >= 0.6 is 24.8 Å². The molecule has 0 radical (unpaired) electrons. The van der Waals surface area contributed by atoms with E-state index in [2.05, 4.69) is 9.72 Å². The van der Waals surface area contributed by atoms with Crippen LogP contribution in [0.4, 0.5) is 0 Å². The van der Waals surface area contributed by atoms with E-state index in [0.29, 0.717) is 12.1 Å². The fourth-order valence-corrected chi connectivity index (χ4v) is 1.16. The van der Waals surface area contributed by atoms with E-state index in [9.17, 15) is 4.79 Å². The summed E-state index contributed by atoms with van der Waals surface area (Å²) < 4.78 is 4.59. The fraction of sp³-hybridized carbons (Fsp3) is 0.400. The topological polar surface area (TPSA) is 65.2 Å². The van der Waals surface area contributed by atoms with Gasteiger partial charge in [0.2, 0.25) is 0 Å². The van der Waals surface area contributed by atoms with Gasteiger partial charge in [-0.3, -0.25) is 4.98 Å². The minimum atomic E-state index is -0.355. The van der Waals surface area contributed by atoms with Gasteiger partial charge in [0.1, 0.15) is 0 Å². The third kappa shape index (κ3) is 5.30. The maximum atomic E-state index is 11.2. The van der Waals surface area contributed by atoms with E-state index in [1.165, 1.54) is 13.3 Å². The van der Waals surface area contributed by atoms with E-state index in [4.69, 9.17) is 5.73 Å². The quantitative estimate of drug-likeness (QED) is 0.841. The van der Waals surface area contributed by atoms with E-state index >= 15 is 0 Å². The van der Waals surface area contributed by atoms with Crippen molar-refractivity contribution in [2.24, 2.45) is 5.73 Å². The molecule has 1 aromatic heterocycles. The molecule has 16 heavy (non-hydrogen) atoms. The van der Waals surface area contributed by atoms with Crippen LogP contribution in [0, 0.1) is 0 Å². The number of methoxy groups -OCH3 is 1. The van der Waals surface area contributed by atoms with Crippen LogP contribution in [0.25, 0.3) is 0 Å². The molecule has 0 saturated heterocycles. The first-order valence-electron chi connectivity index (χ1n) is 4.50. The standard InChI is InChI=1S/C10H14N2O2.2ClH/c1-14-10(13)9-5-8(3-2-4-11)6-12-7-9;;/h5-7H,2-4,11H2,1H3;2*1H. The van der Waals surface area contributed by atoms with Crippen LogP contribution in [-0.4, -0.2) is 24.6 Å². The molecule has 1 aromatic rings. The average molecular weight is 267 g/mol. The summed E-state index contributed by atoms with van der Waals surface area (Å²) >= 11 is 0. The third-order valence-corrected chi connectivity index (χ3v) is 1.89. The molecule has 0 spiro atoms. The number of halogens is 2. The zero-order chi connectivity index (χ0) is 10.4. The minimum Gasteiger partial charge on any atom is -0.465 e. The third-order valence-electron chi connectivity index (χ3n) is 1.89. The van der Waals surface area contributed by atoms with Gasteiger partial charge in [-0.05, 0) is 31.0 Å². The van der Waals surface area contributed by atoms with Crippen LogP contribution in [0.1, 0.15) is 22.3 Å². The summed E-state index contributed by atoms with van der Waals surface area (Å²) in [6, 6.07) is 1.79. The predicted octanol–water partition coefficient (Wildman–Crippen LogP) is 1.60. The SMILES string of the molecule is COC(=O)c1cncc(CCCN)c1.Cl.Cl. The number of nitrogens with zero attached hydrogens (tertiary/aromatic N) is 1. The summed E-state index contributed by atoms with van der Waals surface area (Å²) in [5, 5.41) is 0. The number of esters is 1. The molecule has 1 heterocycles. The Morgan fingerprint density at radius 2 is 2.12 bits per heavy atom. The number of ether oxygens (including phenoxy) is 1. The molecule has 1 rings (SSSR count). The van der Waals surface area contributed by atoms with Gasteiger partial charge >= 0.3 is 5.97 Å². The first-order chi connectivity index (χ1) is 6.77. The Morgan fingerprint density at radius 3 is 2.69 bits per heavy atom. The monoisotopic (exact) mass is 266 g/mol. The Labute approximate surface area is 107 Å². The highest BCUT2D eigenvalue weighted by Crippen LogP contribution is 2.06. The molecule has 2 N–H and O–H groups in total. The lowest BCUT2D eigenvalue weighted by Crippen LogP contribution is -2.04. The molecule has 6 heteroatoms. The largest absolute Gasteiger partial charge is 0.465 e. The van der Waals surface area contributed by atoms with Crippen molar-refractivity contribution in [2.45, 2.75) is 12.8 Å². The first kappa shape index (κ1) is 17.6. The second-order valence-electron chi connectivity index (χ2n) is 2.97. The van der Waals surface area contributed by atoms with Crippen molar-refractivity contribution in [2.75, 3.05) is 13.7 Å².